The second kappa shape index (κ2) is 14.5. The molecular weight excluding hydrogens is 781 g/mol. The lowest BCUT2D eigenvalue weighted by Gasteiger charge is -2.28. The van der Waals surface area contributed by atoms with Gasteiger partial charge in [0.2, 0.25) is 0 Å². The van der Waals surface area contributed by atoms with E-state index in [4.69, 9.17) is 8.83 Å². The molecule has 0 aliphatic heterocycles. The van der Waals surface area contributed by atoms with E-state index in [2.05, 4.69) is 222 Å². The lowest BCUT2D eigenvalue weighted by molar-refractivity contribution is 0.669. The molecule has 0 amide bonds. The van der Waals surface area contributed by atoms with E-state index in [0.29, 0.717) is 0 Å². The van der Waals surface area contributed by atoms with E-state index >= 15 is 0 Å². The van der Waals surface area contributed by atoms with Crippen LogP contribution in [0.5, 0.6) is 0 Å². The van der Waals surface area contributed by atoms with E-state index in [1.54, 1.807) is 0 Å². The van der Waals surface area contributed by atoms with Crippen molar-refractivity contribution in [1.29, 1.82) is 0 Å². The Kier molecular flexibility index (Phi) is 8.18. The first-order valence-corrected chi connectivity index (χ1v) is 21.7. The highest BCUT2D eigenvalue weighted by atomic mass is 16.3. The van der Waals surface area contributed by atoms with Crippen LogP contribution in [-0.2, 0) is 0 Å². The molecule has 0 unspecified atom stereocenters. The maximum absolute atomic E-state index is 6.93. The van der Waals surface area contributed by atoms with Gasteiger partial charge in [-0.3, -0.25) is 0 Å². The number of furan rings is 2. The van der Waals surface area contributed by atoms with Crippen LogP contribution in [0.15, 0.2) is 239 Å². The van der Waals surface area contributed by atoms with Crippen molar-refractivity contribution in [3.05, 3.63) is 231 Å². The molecule has 0 saturated carbocycles. The Morgan fingerprint density at radius 2 is 0.922 bits per heavy atom. The summed E-state index contributed by atoms with van der Waals surface area (Å²) in [6.07, 6.45) is 0. The van der Waals surface area contributed by atoms with Gasteiger partial charge >= 0.3 is 0 Å². The molecule has 0 aliphatic carbocycles. The summed E-state index contributed by atoms with van der Waals surface area (Å²) in [4.78, 5) is 2.38. The average Bonchev–Trinajstić information content (AvgIpc) is 4.05. The fourth-order valence-electron chi connectivity index (χ4n) is 9.91. The lowest BCUT2D eigenvalue weighted by atomic mass is 9.96. The van der Waals surface area contributed by atoms with Crippen LogP contribution in [0.2, 0.25) is 0 Å². The van der Waals surface area contributed by atoms with Crippen molar-refractivity contribution < 1.29 is 8.83 Å². The number of nitrogens with zero attached hydrogens (tertiary/aromatic N) is 2. The monoisotopic (exact) mass is 818 g/mol. The van der Waals surface area contributed by atoms with Gasteiger partial charge in [0.25, 0.3) is 0 Å². The third kappa shape index (κ3) is 5.70. The van der Waals surface area contributed by atoms with Crippen LogP contribution in [-0.4, -0.2) is 4.57 Å². The number of benzene rings is 10. The van der Waals surface area contributed by atoms with Crippen LogP contribution in [0.4, 0.5) is 17.1 Å². The van der Waals surface area contributed by atoms with Gasteiger partial charge in [-0.2, -0.15) is 0 Å². The summed E-state index contributed by atoms with van der Waals surface area (Å²) in [5.74, 6) is 0. The zero-order chi connectivity index (χ0) is 42.1. The molecule has 0 radical (unpaired) electrons. The summed E-state index contributed by atoms with van der Waals surface area (Å²) in [6.45, 7) is 0. The van der Waals surface area contributed by atoms with E-state index < -0.39 is 0 Å². The highest BCUT2D eigenvalue weighted by molar-refractivity contribution is 6.15. The lowest BCUT2D eigenvalue weighted by Crippen LogP contribution is -2.11. The van der Waals surface area contributed by atoms with Crippen LogP contribution < -0.4 is 4.90 Å². The Labute approximate surface area is 369 Å². The smallest absolute Gasteiger partial charge is 0.145 e. The molecule has 0 aliphatic rings. The third-order valence-electron chi connectivity index (χ3n) is 12.8. The minimum absolute atomic E-state index is 0.847. The largest absolute Gasteiger partial charge is 0.456 e. The second-order valence-corrected chi connectivity index (χ2v) is 16.4. The molecule has 3 heterocycles. The van der Waals surface area contributed by atoms with Crippen LogP contribution in [0.3, 0.4) is 0 Å². The van der Waals surface area contributed by atoms with Crippen molar-refractivity contribution in [2.24, 2.45) is 0 Å². The molecule has 0 saturated heterocycles. The zero-order valence-electron chi connectivity index (χ0n) is 34.7. The number of anilines is 3. The fraction of sp³-hybridized carbons (Fsp3) is 0. The molecular formula is C60H38N2O2. The number of hydrogen-bond donors (Lipinski definition) is 0. The summed E-state index contributed by atoms with van der Waals surface area (Å²) >= 11 is 0. The second-order valence-electron chi connectivity index (χ2n) is 16.4. The third-order valence-corrected chi connectivity index (χ3v) is 12.8. The molecule has 10 aromatic carbocycles. The van der Waals surface area contributed by atoms with E-state index in [9.17, 15) is 0 Å². The van der Waals surface area contributed by atoms with Crippen LogP contribution >= 0.6 is 0 Å². The number of fused-ring (bicyclic) bond motifs is 9. The van der Waals surface area contributed by atoms with Gasteiger partial charge in [0.05, 0.1) is 16.7 Å². The fourth-order valence-corrected chi connectivity index (χ4v) is 9.91. The SMILES string of the molecule is c1ccc(-c2ccc(N(c3cccc(-c4cccc5oc6ccccc6c45)c3)c3ccc4c(oc5ccccc54)c3-c3ccc(-n4c5ccccc5c5ccccc54)cc3)cc2)cc1. The van der Waals surface area contributed by atoms with Gasteiger partial charge < -0.3 is 18.3 Å². The molecule has 4 heteroatoms. The molecule has 0 bridgehead atoms. The first-order valence-electron chi connectivity index (χ1n) is 21.7. The number of hydrogen-bond acceptors (Lipinski definition) is 3. The maximum Gasteiger partial charge on any atom is 0.145 e. The van der Waals surface area contributed by atoms with Crippen molar-refractivity contribution in [3.63, 3.8) is 0 Å². The standard InChI is InChI=1S/C60H38N2O2/c1-2-14-39(15-3-1)40-28-32-43(33-29-40)61(45-17-12-16-42(38-45)46-22-13-27-57-59(46)51-21-7-11-26-56(51)63-57)54-37-36-50-49-20-6-10-25-55(49)64-60(50)58(54)41-30-34-44(35-31-41)62-52-23-8-4-18-47(52)48-19-5-9-24-53(48)62/h1-38H. The van der Waals surface area contributed by atoms with Crippen LogP contribution in [0.1, 0.15) is 0 Å². The molecule has 64 heavy (non-hydrogen) atoms. The van der Waals surface area contributed by atoms with Gasteiger partial charge in [0.15, 0.2) is 0 Å². The van der Waals surface area contributed by atoms with E-state index in [0.717, 1.165) is 94.4 Å². The van der Waals surface area contributed by atoms with Crippen LogP contribution in [0, 0.1) is 0 Å². The van der Waals surface area contributed by atoms with Gasteiger partial charge in [0.1, 0.15) is 22.3 Å². The normalized spacial score (nSPS) is 11.8. The van der Waals surface area contributed by atoms with Crippen molar-refractivity contribution in [3.8, 4) is 39.1 Å². The highest BCUT2D eigenvalue weighted by Gasteiger charge is 2.24. The van der Waals surface area contributed by atoms with Crippen molar-refractivity contribution in [2.45, 2.75) is 0 Å². The average molecular weight is 819 g/mol. The highest BCUT2D eigenvalue weighted by Crippen LogP contribution is 2.48. The van der Waals surface area contributed by atoms with E-state index in [1.165, 1.54) is 27.4 Å². The quantitative estimate of drug-likeness (QED) is 0.161. The Hall–Kier alpha value is -8.60. The maximum atomic E-state index is 6.93. The van der Waals surface area contributed by atoms with E-state index in [1.807, 2.05) is 18.2 Å². The minimum Gasteiger partial charge on any atom is -0.456 e. The molecule has 300 valence electrons. The summed E-state index contributed by atoms with van der Waals surface area (Å²) in [5.41, 5.74) is 16.6. The first kappa shape index (κ1) is 36.1. The molecule has 0 spiro atoms. The van der Waals surface area contributed by atoms with Gasteiger partial charge in [-0.05, 0) is 107 Å². The molecule has 4 nitrogen and oxygen atoms in total. The Morgan fingerprint density at radius 3 is 1.67 bits per heavy atom. The molecule has 13 aromatic rings. The molecule has 0 N–H and O–H groups in total. The topological polar surface area (TPSA) is 34.5 Å². The summed E-state index contributed by atoms with van der Waals surface area (Å²) in [7, 11) is 0. The zero-order valence-corrected chi connectivity index (χ0v) is 34.7. The van der Waals surface area contributed by atoms with Gasteiger partial charge in [-0.25, -0.2) is 0 Å². The minimum atomic E-state index is 0.847. The number of aromatic nitrogens is 1. The summed E-state index contributed by atoms with van der Waals surface area (Å²) < 4.78 is 15.7. The van der Waals surface area contributed by atoms with Crippen molar-refractivity contribution in [2.75, 3.05) is 4.90 Å². The number of para-hydroxylation sites is 4. The predicted octanol–water partition coefficient (Wildman–Crippen LogP) is 17.1. The van der Waals surface area contributed by atoms with Crippen LogP contribution in [0.25, 0.3) is 105 Å². The molecule has 0 fully saturated rings. The van der Waals surface area contributed by atoms with Gasteiger partial charge in [-0.1, -0.05) is 152 Å². The summed E-state index contributed by atoms with van der Waals surface area (Å²) in [6, 6.07) is 82.1. The van der Waals surface area contributed by atoms with Crippen molar-refractivity contribution in [1.82, 2.24) is 4.57 Å². The Bertz CT molecular complexity index is 3840. The van der Waals surface area contributed by atoms with Gasteiger partial charge in [0, 0.05) is 54.9 Å². The van der Waals surface area contributed by atoms with E-state index in [-0.39, 0.29) is 0 Å². The van der Waals surface area contributed by atoms with Crippen molar-refractivity contribution >= 4 is 82.7 Å². The molecule has 13 rings (SSSR count). The van der Waals surface area contributed by atoms with Gasteiger partial charge in [-0.15, -0.1) is 0 Å². The Morgan fingerprint density at radius 1 is 0.344 bits per heavy atom. The summed E-state index contributed by atoms with van der Waals surface area (Å²) in [5, 5.41) is 6.87. The first-order chi connectivity index (χ1) is 31.7. The number of rotatable bonds is 7. The molecule has 3 aromatic heterocycles. The molecule has 0 atom stereocenters. The Balaban J connectivity index is 1.04. The predicted molar refractivity (Wildman–Crippen MR) is 266 cm³/mol.